The van der Waals surface area contributed by atoms with Crippen LogP contribution in [0.1, 0.15) is 59.3 Å². The monoisotopic (exact) mass is 254 g/mol. The summed E-state index contributed by atoms with van der Waals surface area (Å²) >= 11 is 0. The molecular weight excluding hydrogens is 224 g/mol. The van der Waals surface area contributed by atoms with Crippen molar-refractivity contribution >= 4 is 0 Å². The lowest BCUT2D eigenvalue weighted by Gasteiger charge is -2.26. The number of ether oxygens (including phenoxy) is 2. The summed E-state index contributed by atoms with van der Waals surface area (Å²) in [5, 5.41) is 0. The molecule has 0 radical (unpaired) electrons. The van der Waals surface area contributed by atoms with Crippen LogP contribution in [0, 0.1) is 17.8 Å². The molecule has 5 unspecified atom stereocenters. The normalized spacial score (nSPS) is 30.8. The van der Waals surface area contributed by atoms with Crippen LogP contribution >= 0.6 is 0 Å². The Hall–Kier alpha value is -0.0800. The van der Waals surface area contributed by atoms with Crippen molar-refractivity contribution in [1.29, 1.82) is 0 Å². The van der Waals surface area contributed by atoms with Crippen LogP contribution < -0.4 is 0 Å². The largest absolute Gasteiger partial charge is 0.373 e. The van der Waals surface area contributed by atoms with Crippen molar-refractivity contribution in [3.63, 3.8) is 0 Å². The van der Waals surface area contributed by atoms with E-state index in [0.29, 0.717) is 12.2 Å². The SMILES string of the molecule is CCCCC(C(CC)CCC(C)C1CO1)C1CO1. The third-order valence-electron chi connectivity index (χ3n) is 4.84. The van der Waals surface area contributed by atoms with Gasteiger partial charge in [0, 0.05) is 0 Å². The molecule has 2 heteroatoms. The highest BCUT2D eigenvalue weighted by Gasteiger charge is 2.37. The van der Waals surface area contributed by atoms with E-state index in [1.54, 1.807) is 0 Å². The Balaban J connectivity index is 1.76. The first-order valence-corrected chi connectivity index (χ1v) is 7.99. The summed E-state index contributed by atoms with van der Waals surface area (Å²) in [4.78, 5) is 0. The smallest absolute Gasteiger partial charge is 0.0840 e. The van der Waals surface area contributed by atoms with Crippen molar-refractivity contribution in [3.8, 4) is 0 Å². The molecular formula is C16H30O2. The predicted octanol–water partition coefficient (Wildman–Crippen LogP) is 4.03. The average molecular weight is 254 g/mol. The van der Waals surface area contributed by atoms with Crippen LogP contribution in [0.5, 0.6) is 0 Å². The second kappa shape index (κ2) is 6.91. The van der Waals surface area contributed by atoms with E-state index in [2.05, 4.69) is 20.8 Å². The Kier molecular flexibility index (Phi) is 5.50. The highest BCUT2D eigenvalue weighted by atomic mass is 16.6. The number of unbranched alkanes of at least 4 members (excludes halogenated alkanes) is 1. The lowest BCUT2D eigenvalue weighted by atomic mass is 9.79. The Morgan fingerprint density at radius 2 is 1.67 bits per heavy atom. The maximum absolute atomic E-state index is 5.59. The molecule has 2 nitrogen and oxygen atoms in total. The van der Waals surface area contributed by atoms with E-state index in [1.165, 1.54) is 38.5 Å². The Morgan fingerprint density at radius 1 is 1.00 bits per heavy atom. The second-order valence-corrected chi connectivity index (χ2v) is 6.27. The van der Waals surface area contributed by atoms with E-state index in [9.17, 15) is 0 Å². The summed E-state index contributed by atoms with van der Waals surface area (Å²) < 4.78 is 11.0. The van der Waals surface area contributed by atoms with Gasteiger partial charge in [0.05, 0.1) is 25.4 Å². The predicted molar refractivity (Wildman–Crippen MR) is 74.7 cm³/mol. The Labute approximate surface area is 112 Å². The number of rotatable bonds is 10. The lowest BCUT2D eigenvalue weighted by molar-refractivity contribution is 0.201. The van der Waals surface area contributed by atoms with Gasteiger partial charge in [-0.25, -0.2) is 0 Å². The third kappa shape index (κ3) is 4.24. The van der Waals surface area contributed by atoms with Crippen molar-refractivity contribution in [2.24, 2.45) is 17.8 Å². The molecule has 0 aromatic carbocycles. The van der Waals surface area contributed by atoms with Gasteiger partial charge < -0.3 is 9.47 Å². The Bertz CT molecular complexity index is 233. The molecule has 2 saturated heterocycles. The molecule has 2 heterocycles. The summed E-state index contributed by atoms with van der Waals surface area (Å²) in [6.07, 6.45) is 9.22. The minimum atomic E-state index is 0.578. The van der Waals surface area contributed by atoms with Crippen molar-refractivity contribution in [1.82, 2.24) is 0 Å². The van der Waals surface area contributed by atoms with Gasteiger partial charge in [-0.3, -0.25) is 0 Å². The van der Waals surface area contributed by atoms with E-state index in [0.717, 1.165) is 31.0 Å². The van der Waals surface area contributed by atoms with Gasteiger partial charge in [-0.15, -0.1) is 0 Å². The van der Waals surface area contributed by atoms with Crippen LogP contribution in [0.15, 0.2) is 0 Å². The second-order valence-electron chi connectivity index (χ2n) is 6.27. The van der Waals surface area contributed by atoms with Gasteiger partial charge in [0.25, 0.3) is 0 Å². The van der Waals surface area contributed by atoms with Crippen LogP contribution in [0.4, 0.5) is 0 Å². The van der Waals surface area contributed by atoms with Gasteiger partial charge in [-0.1, -0.05) is 40.0 Å². The van der Waals surface area contributed by atoms with Gasteiger partial charge in [-0.05, 0) is 37.0 Å². The maximum Gasteiger partial charge on any atom is 0.0840 e. The van der Waals surface area contributed by atoms with E-state index >= 15 is 0 Å². The van der Waals surface area contributed by atoms with E-state index in [4.69, 9.17) is 9.47 Å². The molecule has 106 valence electrons. The summed E-state index contributed by atoms with van der Waals surface area (Å²) in [6, 6.07) is 0. The van der Waals surface area contributed by atoms with E-state index in [1.807, 2.05) is 0 Å². The summed E-state index contributed by atoms with van der Waals surface area (Å²) in [7, 11) is 0. The summed E-state index contributed by atoms with van der Waals surface area (Å²) in [5.41, 5.74) is 0. The molecule has 0 amide bonds. The standard InChI is InChI=1S/C16H30O2/c1-4-6-7-14(16-11-18-16)13(5-2)9-8-12(3)15-10-17-15/h12-16H,4-11H2,1-3H3. The van der Waals surface area contributed by atoms with Gasteiger partial charge in [-0.2, -0.15) is 0 Å². The first-order chi connectivity index (χ1) is 8.76. The van der Waals surface area contributed by atoms with Crippen molar-refractivity contribution in [2.45, 2.75) is 71.5 Å². The van der Waals surface area contributed by atoms with E-state index in [-0.39, 0.29) is 0 Å². The Morgan fingerprint density at radius 3 is 2.17 bits per heavy atom. The first-order valence-electron chi connectivity index (χ1n) is 7.99. The molecule has 0 bridgehead atoms. The van der Waals surface area contributed by atoms with Gasteiger partial charge >= 0.3 is 0 Å². The van der Waals surface area contributed by atoms with Gasteiger partial charge in [0.1, 0.15) is 0 Å². The lowest BCUT2D eigenvalue weighted by Crippen LogP contribution is -2.21. The summed E-state index contributed by atoms with van der Waals surface area (Å²) in [5.74, 6) is 2.44. The molecule has 2 aliphatic rings. The molecule has 0 N–H and O–H groups in total. The molecule has 0 aromatic heterocycles. The average Bonchev–Trinajstić information content (AvgIpc) is 3.24. The van der Waals surface area contributed by atoms with Crippen LogP contribution in [0.3, 0.4) is 0 Å². The molecule has 5 atom stereocenters. The fourth-order valence-corrected chi connectivity index (χ4v) is 3.24. The first kappa shape index (κ1) is 14.3. The fraction of sp³-hybridized carbons (Fsp3) is 1.00. The zero-order chi connectivity index (χ0) is 13.0. The van der Waals surface area contributed by atoms with E-state index < -0.39 is 0 Å². The minimum Gasteiger partial charge on any atom is -0.373 e. The van der Waals surface area contributed by atoms with Crippen LogP contribution in [0.2, 0.25) is 0 Å². The van der Waals surface area contributed by atoms with Crippen molar-refractivity contribution in [2.75, 3.05) is 13.2 Å². The third-order valence-corrected chi connectivity index (χ3v) is 4.84. The maximum atomic E-state index is 5.59. The number of hydrogen-bond acceptors (Lipinski definition) is 2. The topological polar surface area (TPSA) is 25.1 Å². The summed E-state index contributed by atoms with van der Waals surface area (Å²) in [6.45, 7) is 9.01. The van der Waals surface area contributed by atoms with Gasteiger partial charge in [0.15, 0.2) is 0 Å². The highest BCUT2D eigenvalue weighted by Crippen LogP contribution is 2.37. The fourth-order valence-electron chi connectivity index (χ4n) is 3.24. The molecule has 0 aliphatic carbocycles. The van der Waals surface area contributed by atoms with Gasteiger partial charge in [0.2, 0.25) is 0 Å². The highest BCUT2D eigenvalue weighted by molar-refractivity contribution is 4.85. The molecule has 2 aliphatic heterocycles. The molecule has 18 heavy (non-hydrogen) atoms. The van der Waals surface area contributed by atoms with Crippen molar-refractivity contribution in [3.05, 3.63) is 0 Å². The van der Waals surface area contributed by atoms with Crippen molar-refractivity contribution < 1.29 is 9.47 Å². The molecule has 2 rings (SSSR count). The molecule has 0 spiro atoms. The zero-order valence-electron chi connectivity index (χ0n) is 12.4. The molecule has 2 fully saturated rings. The number of epoxide rings is 2. The zero-order valence-corrected chi connectivity index (χ0v) is 12.4. The van der Waals surface area contributed by atoms with Crippen LogP contribution in [0.25, 0.3) is 0 Å². The number of hydrogen-bond donors (Lipinski definition) is 0. The molecule has 0 saturated carbocycles. The quantitative estimate of drug-likeness (QED) is 0.550. The van der Waals surface area contributed by atoms with Crippen LogP contribution in [-0.2, 0) is 9.47 Å². The minimum absolute atomic E-state index is 0.578. The van der Waals surface area contributed by atoms with Crippen LogP contribution in [-0.4, -0.2) is 25.4 Å². The molecule has 0 aromatic rings.